The Balaban J connectivity index is 3.18. The molecule has 1 aromatic rings. The van der Waals surface area contributed by atoms with E-state index in [1.54, 1.807) is 0 Å². The summed E-state index contributed by atoms with van der Waals surface area (Å²) < 4.78 is 44.4. The second-order valence-electron chi connectivity index (χ2n) is 4.39. The number of ether oxygens (including phenoxy) is 1. The van der Waals surface area contributed by atoms with Crippen LogP contribution in [0.4, 0.5) is 4.39 Å². The highest BCUT2D eigenvalue weighted by Crippen LogP contribution is 2.22. The molecule has 0 aliphatic carbocycles. The third-order valence-electron chi connectivity index (χ3n) is 2.97. The van der Waals surface area contributed by atoms with Crippen LogP contribution in [0.25, 0.3) is 0 Å². The number of nitrogens with one attached hydrogen (secondary N) is 1. The number of carbonyl (C=O) groups is 1. The van der Waals surface area contributed by atoms with E-state index >= 15 is 0 Å². The summed E-state index contributed by atoms with van der Waals surface area (Å²) in [5.74, 6) is -2.25. The monoisotopic (exact) mass is 305 g/mol. The highest BCUT2D eigenvalue weighted by Gasteiger charge is 2.36. The minimum Gasteiger partial charge on any atom is -0.494 e. The summed E-state index contributed by atoms with van der Waals surface area (Å²) in [6.07, 6.45) is 0.0419. The molecule has 112 valence electrons. The van der Waals surface area contributed by atoms with Crippen LogP contribution in [0.15, 0.2) is 23.1 Å². The lowest BCUT2D eigenvalue weighted by Gasteiger charge is -2.24. The lowest BCUT2D eigenvalue weighted by Crippen LogP contribution is -2.51. The molecule has 6 nitrogen and oxygen atoms in total. The van der Waals surface area contributed by atoms with Gasteiger partial charge in [0.1, 0.15) is 5.54 Å². The molecule has 0 spiro atoms. The number of hydrogen-bond acceptors (Lipinski definition) is 4. The number of halogens is 1. The summed E-state index contributed by atoms with van der Waals surface area (Å²) in [4.78, 5) is 10.7. The van der Waals surface area contributed by atoms with E-state index in [4.69, 9.17) is 5.11 Å². The molecule has 20 heavy (non-hydrogen) atoms. The number of carboxylic acids is 1. The van der Waals surface area contributed by atoms with Crippen LogP contribution < -0.4 is 9.46 Å². The average molecular weight is 305 g/mol. The third-order valence-corrected chi connectivity index (χ3v) is 4.57. The minimum absolute atomic E-state index is 0.0419. The summed E-state index contributed by atoms with van der Waals surface area (Å²) in [6, 6.07) is 3.08. The number of carboxylic acid groups (broad SMARTS) is 1. The first-order chi connectivity index (χ1) is 9.16. The smallest absolute Gasteiger partial charge is 0.324 e. The second-order valence-corrected chi connectivity index (χ2v) is 6.08. The first-order valence-electron chi connectivity index (χ1n) is 5.77. The van der Waals surface area contributed by atoms with E-state index in [-0.39, 0.29) is 17.1 Å². The Labute approximate surface area is 116 Å². The highest BCUT2D eigenvalue weighted by molar-refractivity contribution is 7.89. The number of sulfonamides is 1. The second kappa shape index (κ2) is 5.76. The molecule has 0 bridgehead atoms. The zero-order chi connectivity index (χ0) is 15.6. The summed E-state index contributed by atoms with van der Waals surface area (Å²) >= 11 is 0. The molecule has 8 heteroatoms. The largest absolute Gasteiger partial charge is 0.494 e. The molecular weight excluding hydrogens is 289 g/mol. The van der Waals surface area contributed by atoms with Gasteiger partial charge in [-0.3, -0.25) is 4.79 Å². The predicted molar refractivity (Wildman–Crippen MR) is 69.6 cm³/mol. The standard InChI is InChI=1S/C12H16FNO5S/c1-4-12(2,11(15)16)14-20(17,18)8-5-6-10(19-3)9(13)7-8/h5-7,14H,4H2,1-3H3,(H,15,16). The van der Waals surface area contributed by atoms with E-state index in [2.05, 4.69) is 9.46 Å². The van der Waals surface area contributed by atoms with Gasteiger partial charge >= 0.3 is 5.97 Å². The van der Waals surface area contributed by atoms with Crippen molar-refractivity contribution in [3.63, 3.8) is 0 Å². The zero-order valence-corrected chi connectivity index (χ0v) is 12.1. The number of rotatable bonds is 6. The van der Waals surface area contributed by atoms with Crippen molar-refractivity contribution in [2.75, 3.05) is 7.11 Å². The zero-order valence-electron chi connectivity index (χ0n) is 11.3. The van der Waals surface area contributed by atoms with Gasteiger partial charge in [-0.25, -0.2) is 12.8 Å². The van der Waals surface area contributed by atoms with E-state index in [1.807, 2.05) is 0 Å². The van der Waals surface area contributed by atoms with Crippen molar-refractivity contribution < 1.29 is 27.4 Å². The molecular formula is C12H16FNO5S. The van der Waals surface area contributed by atoms with Gasteiger partial charge in [-0.05, 0) is 31.5 Å². The van der Waals surface area contributed by atoms with Crippen molar-refractivity contribution in [1.82, 2.24) is 4.72 Å². The van der Waals surface area contributed by atoms with Gasteiger partial charge in [0.05, 0.1) is 12.0 Å². The lowest BCUT2D eigenvalue weighted by molar-refractivity contribution is -0.143. The number of methoxy groups -OCH3 is 1. The quantitative estimate of drug-likeness (QED) is 0.828. The minimum atomic E-state index is -4.15. The molecule has 0 aliphatic heterocycles. The fourth-order valence-electron chi connectivity index (χ4n) is 1.44. The fourth-order valence-corrected chi connectivity index (χ4v) is 2.89. The molecule has 0 aliphatic rings. The van der Waals surface area contributed by atoms with Crippen LogP contribution in [-0.2, 0) is 14.8 Å². The Bertz CT molecular complexity index is 616. The van der Waals surface area contributed by atoms with Crippen LogP contribution in [0.3, 0.4) is 0 Å². The lowest BCUT2D eigenvalue weighted by atomic mass is 10.0. The SMILES string of the molecule is CCC(C)(NS(=O)(=O)c1ccc(OC)c(F)c1)C(=O)O. The van der Waals surface area contributed by atoms with Crippen molar-refractivity contribution in [1.29, 1.82) is 0 Å². The van der Waals surface area contributed by atoms with Gasteiger partial charge in [0.15, 0.2) is 11.6 Å². The van der Waals surface area contributed by atoms with Gasteiger partial charge in [0, 0.05) is 0 Å². The van der Waals surface area contributed by atoms with E-state index < -0.39 is 27.3 Å². The van der Waals surface area contributed by atoms with E-state index in [1.165, 1.54) is 21.0 Å². The summed E-state index contributed by atoms with van der Waals surface area (Å²) in [7, 11) is -2.90. The summed E-state index contributed by atoms with van der Waals surface area (Å²) in [5, 5.41) is 9.06. The van der Waals surface area contributed by atoms with E-state index in [0.29, 0.717) is 0 Å². The molecule has 0 saturated heterocycles. The van der Waals surface area contributed by atoms with E-state index in [0.717, 1.165) is 18.2 Å². The molecule has 0 aromatic heterocycles. The van der Waals surface area contributed by atoms with Crippen LogP contribution in [0.5, 0.6) is 5.75 Å². The topological polar surface area (TPSA) is 92.7 Å². The molecule has 0 saturated carbocycles. The number of hydrogen-bond donors (Lipinski definition) is 2. The molecule has 2 N–H and O–H groups in total. The predicted octanol–water partition coefficient (Wildman–Crippen LogP) is 1.37. The maximum absolute atomic E-state index is 13.5. The Morgan fingerprint density at radius 3 is 2.50 bits per heavy atom. The van der Waals surface area contributed by atoms with Crippen molar-refractivity contribution in [2.24, 2.45) is 0 Å². The third kappa shape index (κ3) is 3.26. The maximum atomic E-state index is 13.5. The van der Waals surface area contributed by atoms with Crippen LogP contribution in [0.1, 0.15) is 20.3 Å². The molecule has 1 rings (SSSR count). The van der Waals surface area contributed by atoms with Gasteiger partial charge in [0.2, 0.25) is 10.0 Å². The Kier molecular flexibility index (Phi) is 4.72. The van der Waals surface area contributed by atoms with Crippen molar-refractivity contribution >= 4 is 16.0 Å². The fraction of sp³-hybridized carbons (Fsp3) is 0.417. The summed E-state index contributed by atoms with van der Waals surface area (Å²) in [6.45, 7) is 2.78. The van der Waals surface area contributed by atoms with Gasteiger partial charge < -0.3 is 9.84 Å². The van der Waals surface area contributed by atoms with Gasteiger partial charge in [-0.2, -0.15) is 4.72 Å². The Hall–Kier alpha value is -1.67. The normalized spacial score (nSPS) is 14.6. The number of aliphatic carboxylic acids is 1. The van der Waals surface area contributed by atoms with Crippen LogP contribution in [0, 0.1) is 5.82 Å². The van der Waals surface area contributed by atoms with E-state index in [9.17, 15) is 17.6 Å². The maximum Gasteiger partial charge on any atom is 0.324 e. The van der Waals surface area contributed by atoms with Crippen LogP contribution >= 0.6 is 0 Å². The molecule has 0 radical (unpaired) electrons. The number of benzene rings is 1. The van der Waals surface area contributed by atoms with Crippen LogP contribution in [-0.4, -0.2) is 32.1 Å². The molecule has 0 amide bonds. The van der Waals surface area contributed by atoms with Gasteiger partial charge in [-0.1, -0.05) is 6.92 Å². The molecule has 1 unspecified atom stereocenters. The van der Waals surface area contributed by atoms with Crippen LogP contribution in [0.2, 0.25) is 0 Å². The molecule has 0 fully saturated rings. The van der Waals surface area contributed by atoms with Crippen molar-refractivity contribution in [3.05, 3.63) is 24.0 Å². The van der Waals surface area contributed by atoms with Crippen molar-refractivity contribution in [2.45, 2.75) is 30.7 Å². The first kappa shape index (κ1) is 16.4. The molecule has 1 aromatic carbocycles. The van der Waals surface area contributed by atoms with Gasteiger partial charge in [-0.15, -0.1) is 0 Å². The van der Waals surface area contributed by atoms with Crippen molar-refractivity contribution in [3.8, 4) is 5.75 Å². The molecule has 0 heterocycles. The highest BCUT2D eigenvalue weighted by atomic mass is 32.2. The Morgan fingerprint density at radius 2 is 2.10 bits per heavy atom. The van der Waals surface area contributed by atoms with Gasteiger partial charge in [0.25, 0.3) is 0 Å². The summed E-state index contributed by atoms with van der Waals surface area (Å²) in [5.41, 5.74) is -1.66. The first-order valence-corrected chi connectivity index (χ1v) is 7.25. The average Bonchev–Trinajstić information content (AvgIpc) is 2.37. The molecule has 1 atom stereocenters. The Morgan fingerprint density at radius 1 is 1.50 bits per heavy atom.